The Morgan fingerprint density at radius 3 is 2.50 bits per heavy atom. The fraction of sp³-hybridized carbons (Fsp3) is 0.400. The molecule has 86 valence electrons. The molecule has 0 bridgehead atoms. The Hall–Kier alpha value is -1.37. The van der Waals surface area contributed by atoms with Gasteiger partial charge in [-0.05, 0) is 30.9 Å². The van der Waals surface area contributed by atoms with E-state index in [1.165, 1.54) is 17.5 Å². The fourth-order valence-corrected chi connectivity index (χ4v) is 1.59. The topological polar surface area (TPSA) is 17.1 Å². The van der Waals surface area contributed by atoms with Crippen molar-refractivity contribution >= 4 is 11.9 Å². The van der Waals surface area contributed by atoms with Crippen LogP contribution < -0.4 is 0 Å². The van der Waals surface area contributed by atoms with E-state index in [4.69, 9.17) is 0 Å². The van der Waals surface area contributed by atoms with Crippen LogP contribution in [-0.2, 0) is 11.2 Å². The Kier molecular flexibility index (Phi) is 5.55. The summed E-state index contributed by atoms with van der Waals surface area (Å²) in [4.78, 5) is 10.7. The summed E-state index contributed by atoms with van der Waals surface area (Å²) in [7, 11) is 0. The van der Waals surface area contributed by atoms with Crippen molar-refractivity contribution in [2.24, 2.45) is 0 Å². The van der Waals surface area contributed by atoms with E-state index in [0.29, 0.717) is 6.42 Å². The zero-order valence-corrected chi connectivity index (χ0v) is 10.2. The molecule has 16 heavy (non-hydrogen) atoms. The van der Waals surface area contributed by atoms with Crippen molar-refractivity contribution in [3.05, 3.63) is 41.5 Å². The van der Waals surface area contributed by atoms with Crippen molar-refractivity contribution in [3.8, 4) is 0 Å². The Bertz CT molecular complexity index is 346. The van der Waals surface area contributed by atoms with Gasteiger partial charge in [0.15, 0.2) is 0 Å². The SMILES string of the molecule is CCCc1ccc(/C=C/CCC(C)=O)cc1. The van der Waals surface area contributed by atoms with Crippen LogP contribution in [0.5, 0.6) is 0 Å². The number of Topliss-reactive ketones (excluding diaryl/α,β-unsaturated/α-hetero) is 1. The second kappa shape index (κ2) is 7.00. The molecule has 0 spiro atoms. The highest BCUT2D eigenvalue weighted by molar-refractivity contribution is 5.75. The number of hydrogen-bond donors (Lipinski definition) is 0. The number of aryl methyl sites for hydroxylation is 1. The minimum atomic E-state index is 0.253. The maximum Gasteiger partial charge on any atom is 0.130 e. The average molecular weight is 216 g/mol. The van der Waals surface area contributed by atoms with E-state index < -0.39 is 0 Å². The number of carbonyl (C=O) groups is 1. The molecular formula is C15H20O. The molecule has 1 nitrogen and oxygen atoms in total. The molecule has 0 unspecified atom stereocenters. The molecule has 0 saturated heterocycles. The lowest BCUT2D eigenvalue weighted by Crippen LogP contribution is -1.86. The highest BCUT2D eigenvalue weighted by atomic mass is 16.1. The predicted octanol–water partition coefficient (Wildman–Crippen LogP) is 4.02. The summed E-state index contributed by atoms with van der Waals surface area (Å²) in [5.74, 6) is 0.253. The molecule has 0 aliphatic rings. The van der Waals surface area contributed by atoms with Crippen LogP contribution in [0, 0.1) is 0 Å². The van der Waals surface area contributed by atoms with Crippen molar-refractivity contribution < 1.29 is 4.79 Å². The van der Waals surface area contributed by atoms with Crippen LogP contribution in [-0.4, -0.2) is 5.78 Å². The van der Waals surface area contributed by atoms with E-state index in [2.05, 4.69) is 43.3 Å². The van der Waals surface area contributed by atoms with Crippen LogP contribution in [0.15, 0.2) is 30.3 Å². The second-order valence-electron chi connectivity index (χ2n) is 4.13. The van der Waals surface area contributed by atoms with Gasteiger partial charge in [-0.15, -0.1) is 0 Å². The molecule has 0 amide bonds. The highest BCUT2D eigenvalue weighted by Crippen LogP contribution is 2.08. The predicted molar refractivity (Wildman–Crippen MR) is 69.4 cm³/mol. The lowest BCUT2D eigenvalue weighted by molar-refractivity contribution is -0.116. The molecule has 0 aromatic heterocycles. The van der Waals surface area contributed by atoms with Crippen LogP contribution in [0.3, 0.4) is 0 Å². The monoisotopic (exact) mass is 216 g/mol. The highest BCUT2D eigenvalue weighted by Gasteiger charge is 1.92. The molecular weight excluding hydrogens is 196 g/mol. The molecule has 0 saturated carbocycles. The zero-order chi connectivity index (χ0) is 11.8. The van der Waals surface area contributed by atoms with Gasteiger partial charge in [-0.2, -0.15) is 0 Å². The number of carbonyl (C=O) groups excluding carboxylic acids is 1. The summed E-state index contributed by atoms with van der Waals surface area (Å²) in [6.45, 7) is 3.82. The van der Waals surface area contributed by atoms with E-state index >= 15 is 0 Å². The van der Waals surface area contributed by atoms with Crippen LogP contribution in [0.1, 0.15) is 44.2 Å². The summed E-state index contributed by atoms with van der Waals surface area (Å²) in [6, 6.07) is 8.62. The largest absolute Gasteiger partial charge is 0.300 e. The molecule has 1 aromatic carbocycles. The first kappa shape index (κ1) is 12.7. The second-order valence-corrected chi connectivity index (χ2v) is 4.13. The quantitative estimate of drug-likeness (QED) is 0.702. The molecule has 0 aliphatic heterocycles. The smallest absolute Gasteiger partial charge is 0.130 e. The Labute approximate surface area is 98.2 Å². The van der Waals surface area contributed by atoms with Gasteiger partial charge in [0.1, 0.15) is 5.78 Å². The van der Waals surface area contributed by atoms with Gasteiger partial charge >= 0.3 is 0 Å². The maximum atomic E-state index is 10.7. The number of rotatable bonds is 6. The van der Waals surface area contributed by atoms with Gasteiger partial charge in [0.25, 0.3) is 0 Å². The minimum Gasteiger partial charge on any atom is -0.300 e. The Balaban J connectivity index is 2.45. The van der Waals surface area contributed by atoms with Crippen molar-refractivity contribution in [2.45, 2.75) is 39.5 Å². The standard InChI is InChI=1S/C15H20O/c1-3-6-14-9-11-15(12-10-14)8-5-4-7-13(2)16/h5,8-12H,3-4,6-7H2,1-2H3/b8-5+. The zero-order valence-electron chi connectivity index (χ0n) is 10.2. The van der Waals surface area contributed by atoms with Crippen LogP contribution >= 0.6 is 0 Å². The van der Waals surface area contributed by atoms with E-state index in [1.807, 2.05) is 0 Å². The minimum absolute atomic E-state index is 0.253. The van der Waals surface area contributed by atoms with Gasteiger partial charge in [0, 0.05) is 6.42 Å². The number of benzene rings is 1. The number of ketones is 1. The van der Waals surface area contributed by atoms with Crippen molar-refractivity contribution in [2.75, 3.05) is 0 Å². The number of hydrogen-bond acceptors (Lipinski definition) is 1. The Morgan fingerprint density at radius 2 is 1.94 bits per heavy atom. The lowest BCUT2D eigenvalue weighted by Gasteiger charge is -1.99. The third-order valence-corrected chi connectivity index (χ3v) is 2.49. The van der Waals surface area contributed by atoms with Gasteiger partial charge in [0.2, 0.25) is 0 Å². The molecule has 0 heterocycles. The van der Waals surface area contributed by atoms with Crippen LogP contribution in [0.25, 0.3) is 6.08 Å². The molecule has 0 radical (unpaired) electrons. The summed E-state index contributed by atoms with van der Waals surface area (Å²) >= 11 is 0. The van der Waals surface area contributed by atoms with Crippen LogP contribution in [0.2, 0.25) is 0 Å². The third-order valence-electron chi connectivity index (χ3n) is 2.49. The molecule has 0 N–H and O–H groups in total. The van der Waals surface area contributed by atoms with Crippen molar-refractivity contribution in [1.82, 2.24) is 0 Å². The average Bonchev–Trinajstić information content (AvgIpc) is 2.27. The molecule has 0 aliphatic carbocycles. The summed E-state index contributed by atoms with van der Waals surface area (Å²) in [5.41, 5.74) is 2.60. The summed E-state index contributed by atoms with van der Waals surface area (Å²) in [5, 5.41) is 0. The Morgan fingerprint density at radius 1 is 1.25 bits per heavy atom. The normalized spacial score (nSPS) is 10.9. The maximum absolute atomic E-state index is 10.7. The van der Waals surface area contributed by atoms with E-state index in [9.17, 15) is 4.79 Å². The first-order valence-electron chi connectivity index (χ1n) is 5.97. The van der Waals surface area contributed by atoms with E-state index in [1.54, 1.807) is 6.92 Å². The lowest BCUT2D eigenvalue weighted by atomic mass is 10.1. The molecule has 0 fully saturated rings. The summed E-state index contributed by atoms with van der Waals surface area (Å²) < 4.78 is 0. The van der Waals surface area contributed by atoms with Gasteiger partial charge in [-0.25, -0.2) is 0 Å². The van der Waals surface area contributed by atoms with Crippen LogP contribution in [0.4, 0.5) is 0 Å². The summed E-state index contributed by atoms with van der Waals surface area (Å²) in [6.07, 6.45) is 7.97. The fourth-order valence-electron chi connectivity index (χ4n) is 1.59. The van der Waals surface area contributed by atoms with Gasteiger partial charge in [-0.1, -0.05) is 49.8 Å². The van der Waals surface area contributed by atoms with Gasteiger partial charge < -0.3 is 4.79 Å². The first-order valence-corrected chi connectivity index (χ1v) is 5.97. The molecule has 0 atom stereocenters. The molecule has 1 heteroatoms. The van der Waals surface area contributed by atoms with E-state index in [-0.39, 0.29) is 5.78 Å². The van der Waals surface area contributed by atoms with Crippen molar-refractivity contribution in [3.63, 3.8) is 0 Å². The van der Waals surface area contributed by atoms with E-state index in [0.717, 1.165) is 12.8 Å². The third kappa shape index (κ3) is 4.92. The number of allylic oxidation sites excluding steroid dienone is 1. The van der Waals surface area contributed by atoms with Crippen molar-refractivity contribution in [1.29, 1.82) is 0 Å². The van der Waals surface area contributed by atoms with Gasteiger partial charge in [-0.3, -0.25) is 0 Å². The molecule has 1 rings (SSSR count). The molecule has 1 aromatic rings. The van der Waals surface area contributed by atoms with Gasteiger partial charge in [0.05, 0.1) is 0 Å². The first-order chi connectivity index (χ1) is 7.72.